The first kappa shape index (κ1) is 21.0. The average molecular weight is 510 g/mol. The van der Waals surface area contributed by atoms with Gasteiger partial charge in [0.25, 0.3) is 0 Å². The van der Waals surface area contributed by atoms with Gasteiger partial charge in [0, 0.05) is 0 Å². The lowest BCUT2D eigenvalue weighted by Gasteiger charge is -2.47. The minimum absolute atomic E-state index is 0.0979. The van der Waals surface area contributed by atoms with Crippen LogP contribution >= 0.6 is 22.6 Å². The van der Waals surface area contributed by atoms with Gasteiger partial charge >= 0.3 is 5.97 Å². The minimum Gasteiger partial charge on any atom is -0.490 e. The highest BCUT2D eigenvalue weighted by atomic mass is 127. The lowest BCUT2D eigenvalue weighted by atomic mass is 9.65. The fourth-order valence-corrected chi connectivity index (χ4v) is 6.98. The van der Waals surface area contributed by atoms with Crippen molar-refractivity contribution in [3.05, 3.63) is 27.8 Å². The van der Waals surface area contributed by atoms with Crippen molar-refractivity contribution in [1.29, 1.82) is 0 Å². The highest BCUT2D eigenvalue weighted by Crippen LogP contribution is 2.74. The Morgan fingerprint density at radius 2 is 2.00 bits per heavy atom. The van der Waals surface area contributed by atoms with Gasteiger partial charge in [-0.1, -0.05) is 26.5 Å². The van der Waals surface area contributed by atoms with Gasteiger partial charge in [-0.05, 0) is 102 Å². The van der Waals surface area contributed by atoms with Crippen LogP contribution in [0.5, 0.6) is 11.5 Å². The number of halogens is 1. The number of carbonyl (C=O) groups excluding carboxylic acids is 1. The molecule has 0 radical (unpaired) electrons. The van der Waals surface area contributed by atoms with Crippen molar-refractivity contribution < 1.29 is 19.0 Å². The average Bonchev–Trinajstić information content (AvgIpc) is 3.24. The van der Waals surface area contributed by atoms with Gasteiger partial charge < -0.3 is 14.2 Å². The molecule has 3 fully saturated rings. The van der Waals surface area contributed by atoms with Crippen LogP contribution in [-0.2, 0) is 9.53 Å². The topological polar surface area (TPSA) is 44.8 Å². The monoisotopic (exact) mass is 510 g/mol. The maximum absolute atomic E-state index is 12.9. The van der Waals surface area contributed by atoms with Crippen LogP contribution in [0.4, 0.5) is 0 Å². The van der Waals surface area contributed by atoms with Crippen LogP contribution in [0.3, 0.4) is 0 Å². The Kier molecular flexibility index (Phi) is 5.64. The van der Waals surface area contributed by atoms with Crippen molar-refractivity contribution in [2.24, 2.45) is 23.2 Å². The Balaban J connectivity index is 1.46. The smallest absolute Gasteiger partial charge is 0.344 e. The van der Waals surface area contributed by atoms with Crippen LogP contribution in [0.1, 0.15) is 58.4 Å². The molecule has 0 heterocycles. The molecule has 1 spiro atoms. The fraction of sp³-hybridized carbons (Fsp3) is 0.625. The second kappa shape index (κ2) is 7.78. The van der Waals surface area contributed by atoms with E-state index in [-0.39, 0.29) is 18.2 Å². The summed E-state index contributed by atoms with van der Waals surface area (Å²) < 4.78 is 18.8. The third-order valence-corrected chi connectivity index (χ3v) is 8.38. The van der Waals surface area contributed by atoms with Gasteiger partial charge in [0.1, 0.15) is 5.60 Å². The van der Waals surface area contributed by atoms with Gasteiger partial charge in [-0.3, -0.25) is 0 Å². The zero-order valence-corrected chi connectivity index (χ0v) is 19.8. The molecule has 3 aliphatic rings. The molecule has 0 amide bonds. The second-order valence-electron chi connectivity index (χ2n) is 9.04. The molecule has 1 aromatic rings. The third kappa shape index (κ3) is 3.57. The van der Waals surface area contributed by atoms with Crippen LogP contribution in [0.2, 0.25) is 0 Å². The molecular formula is C24H31IO4. The molecule has 3 saturated carbocycles. The van der Waals surface area contributed by atoms with Crippen LogP contribution < -0.4 is 9.47 Å². The Labute approximate surface area is 187 Å². The zero-order valence-electron chi connectivity index (χ0n) is 17.6. The largest absolute Gasteiger partial charge is 0.490 e. The van der Waals surface area contributed by atoms with Crippen molar-refractivity contribution in [2.45, 2.75) is 58.5 Å². The quantitative estimate of drug-likeness (QED) is 0.325. The van der Waals surface area contributed by atoms with Crippen molar-refractivity contribution >= 4 is 34.6 Å². The Bertz CT molecular complexity index is 821. The summed E-state index contributed by atoms with van der Waals surface area (Å²) >= 11 is 2.21. The van der Waals surface area contributed by atoms with Gasteiger partial charge in [0.2, 0.25) is 0 Å². The number of hydrogen-bond donors (Lipinski definition) is 0. The van der Waals surface area contributed by atoms with E-state index in [4.69, 9.17) is 14.2 Å². The molecule has 2 bridgehead atoms. The summed E-state index contributed by atoms with van der Waals surface area (Å²) in [4.78, 5) is 12.9. The normalized spacial score (nSPS) is 34.3. The molecular weight excluding hydrogens is 479 g/mol. The molecule has 29 heavy (non-hydrogen) atoms. The van der Waals surface area contributed by atoms with E-state index >= 15 is 0 Å². The van der Waals surface area contributed by atoms with E-state index in [1.165, 1.54) is 25.7 Å². The van der Waals surface area contributed by atoms with E-state index in [9.17, 15) is 4.79 Å². The summed E-state index contributed by atoms with van der Waals surface area (Å²) in [6, 6.07) is 3.86. The molecule has 5 atom stereocenters. The van der Waals surface area contributed by atoms with Gasteiger partial charge in [0.05, 0.1) is 10.2 Å². The molecule has 0 aliphatic heterocycles. The number of esters is 1. The predicted molar refractivity (Wildman–Crippen MR) is 122 cm³/mol. The standard InChI is InChI=1S/C24H31IO4/c1-5-16-8-19(25)22(20(9-16)27-7-3)28-14-21(26)29-24(6-2)15(4)11-23-12-17(23)10-18(24)13-23/h5,8-9,15,17-18H,1,6-7,10-14H2,2-4H3. The van der Waals surface area contributed by atoms with Crippen LogP contribution in [0.15, 0.2) is 18.7 Å². The van der Waals surface area contributed by atoms with Crippen LogP contribution in [0, 0.1) is 26.7 Å². The Morgan fingerprint density at radius 3 is 2.69 bits per heavy atom. The lowest BCUT2D eigenvalue weighted by Crippen LogP contribution is -2.51. The predicted octanol–water partition coefficient (Wildman–Crippen LogP) is 5.86. The number of hydrogen-bond acceptors (Lipinski definition) is 4. The van der Waals surface area contributed by atoms with E-state index in [0.29, 0.717) is 35.4 Å². The van der Waals surface area contributed by atoms with Crippen LogP contribution in [0.25, 0.3) is 6.08 Å². The number of carbonyl (C=O) groups is 1. The first-order valence-corrected chi connectivity index (χ1v) is 11.9. The molecule has 0 saturated heterocycles. The molecule has 4 rings (SSSR count). The molecule has 5 heteroatoms. The third-order valence-electron chi connectivity index (χ3n) is 7.58. The summed E-state index contributed by atoms with van der Waals surface area (Å²) in [5.41, 5.74) is 1.21. The Hall–Kier alpha value is -1.24. The van der Waals surface area contributed by atoms with Gasteiger partial charge in [-0.25, -0.2) is 4.79 Å². The van der Waals surface area contributed by atoms with Gasteiger partial charge in [0.15, 0.2) is 18.1 Å². The summed E-state index contributed by atoms with van der Waals surface area (Å²) in [5.74, 6) is 2.74. The molecule has 0 aromatic heterocycles. The SMILES string of the molecule is C=Cc1cc(I)c(OCC(=O)OC2(CC)C(C)CC34CC3CC2C4)c(OCC)c1. The minimum atomic E-state index is -0.332. The summed E-state index contributed by atoms with van der Waals surface area (Å²) in [6.07, 6.45) is 7.71. The highest BCUT2D eigenvalue weighted by Gasteiger charge is 2.69. The van der Waals surface area contributed by atoms with E-state index in [1.54, 1.807) is 6.08 Å². The van der Waals surface area contributed by atoms with E-state index in [1.807, 2.05) is 19.1 Å². The zero-order chi connectivity index (χ0) is 20.8. The molecule has 0 N–H and O–H groups in total. The van der Waals surface area contributed by atoms with Crippen LogP contribution in [-0.4, -0.2) is 24.8 Å². The first-order chi connectivity index (χ1) is 13.9. The maximum Gasteiger partial charge on any atom is 0.344 e. The summed E-state index contributed by atoms with van der Waals surface area (Å²) in [7, 11) is 0. The fourth-order valence-electron chi connectivity index (χ4n) is 6.20. The molecule has 1 aromatic carbocycles. The van der Waals surface area contributed by atoms with Gasteiger partial charge in [-0.15, -0.1) is 0 Å². The van der Waals surface area contributed by atoms with Crippen molar-refractivity contribution in [1.82, 2.24) is 0 Å². The van der Waals surface area contributed by atoms with E-state index in [2.05, 4.69) is 43.0 Å². The molecule has 5 unspecified atom stereocenters. The van der Waals surface area contributed by atoms with Crippen molar-refractivity contribution in [2.75, 3.05) is 13.2 Å². The van der Waals surface area contributed by atoms with E-state index in [0.717, 1.165) is 21.5 Å². The molecule has 158 valence electrons. The highest BCUT2D eigenvalue weighted by molar-refractivity contribution is 14.1. The van der Waals surface area contributed by atoms with Gasteiger partial charge in [-0.2, -0.15) is 0 Å². The number of ether oxygens (including phenoxy) is 3. The lowest BCUT2D eigenvalue weighted by molar-refractivity contribution is -0.184. The molecule has 4 nitrogen and oxygen atoms in total. The number of rotatable bonds is 8. The van der Waals surface area contributed by atoms with E-state index < -0.39 is 0 Å². The first-order valence-electron chi connectivity index (χ1n) is 10.8. The molecule has 3 aliphatic carbocycles. The number of benzene rings is 1. The summed E-state index contributed by atoms with van der Waals surface area (Å²) in [5, 5.41) is 0. The van der Waals surface area contributed by atoms with Crippen molar-refractivity contribution in [3.8, 4) is 11.5 Å². The second-order valence-corrected chi connectivity index (χ2v) is 10.2. The number of fused-ring (bicyclic) bond motifs is 1. The maximum atomic E-state index is 12.9. The summed E-state index contributed by atoms with van der Waals surface area (Å²) in [6.45, 7) is 10.6. The Morgan fingerprint density at radius 1 is 1.24 bits per heavy atom. The van der Waals surface area contributed by atoms with Crippen molar-refractivity contribution in [3.63, 3.8) is 0 Å².